The van der Waals surface area contributed by atoms with Crippen LogP contribution in [-0.2, 0) is 16.1 Å². The van der Waals surface area contributed by atoms with Crippen molar-refractivity contribution in [3.8, 4) is 0 Å². The van der Waals surface area contributed by atoms with Crippen LogP contribution in [0.1, 0.15) is 22.7 Å². The van der Waals surface area contributed by atoms with Gasteiger partial charge in [0.1, 0.15) is 12.6 Å². The number of carboxylic acid groups (broad SMARTS) is 1. The molecule has 0 spiro atoms. The SMILES string of the molecule is COCc1cc(C(=O)N[C@@H](CCSC)C(=O)O)no1. The number of hydrogen-bond donors (Lipinski definition) is 2. The lowest BCUT2D eigenvalue weighted by Crippen LogP contribution is -2.41. The topological polar surface area (TPSA) is 102 Å². The van der Waals surface area contributed by atoms with Gasteiger partial charge in [0.05, 0.1) is 0 Å². The second-order valence-electron chi connectivity index (χ2n) is 3.76. The molecule has 7 nitrogen and oxygen atoms in total. The summed E-state index contributed by atoms with van der Waals surface area (Å²) in [4.78, 5) is 22.8. The highest BCUT2D eigenvalue weighted by Crippen LogP contribution is 2.06. The lowest BCUT2D eigenvalue weighted by Gasteiger charge is -2.12. The molecule has 1 amide bonds. The summed E-state index contributed by atoms with van der Waals surface area (Å²) in [7, 11) is 1.49. The van der Waals surface area contributed by atoms with Gasteiger partial charge in [0, 0.05) is 13.2 Å². The molecule has 106 valence electrons. The van der Waals surface area contributed by atoms with Gasteiger partial charge in [-0.05, 0) is 18.4 Å². The zero-order chi connectivity index (χ0) is 14.3. The fourth-order valence-electron chi connectivity index (χ4n) is 1.36. The van der Waals surface area contributed by atoms with E-state index in [2.05, 4.69) is 10.5 Å². The summed E-state index contributed by atoms with van der Waals surface area (Å²) in [5.41, 5.74) is 0.0439. The maximum Gasteiger partial charge on any atom is 0.326 e. The van der Waals surface area contributed by atoms with Crippen LogP contribution in [0.15, 0.2) is 10.6 Å². The van der Waals surface area contributed by atoms with E-state index in [1.54, 1.807) is 0 Å². The van der Waals surface area contributed by atoms with E-state index in [9.17, 15) is 9.59 Å². The Hall–Kier alpha value is -1.54. The Morgan fingerprint density at radius 3 is 2.95 bits per heavy atom. The Morgan fingerprint density at radius 1 is 1.63 bits per heavy atom. The number of carboxylic acids is 1. The van der Waals surface area contributed by atoms with Crippen molar-refractivity contribution in [1.29, 1.82) is 0 Å². The molecule has 0 saturated carbocycles. The lowest BCUT2D eigenvalue weighted by atomic mass is 10.2. The molecule has 19 heavy (non-hydrogen) atoms. The zero-order valence-corrected chi connectivity index (χ0v) is 11.5. The number of methoxy groups -OCH3 is 1. The van der Waals surface area contributed by atoms with E-state index < -0.39 is 17.9 Å². The van der Waals surface area contributed by atoms with Gasteiger partial charge in [0.2, 0.25) is 0 Å². The molecule has 8 heteroatoms. The van der Waals surface area contributed by atoms with Crippen LogP contribution in [0.25, 0.3) is 0 Å². The molecule has 1 atom stereocenters. The molecular weight excluding hydrogens is 272 g/mol. The Kier molecular flexibility index (Phi) is 6.37. The van der Waals surface area contributed by atoms with E-state index in [-0.39, 0.29) is 12.3 Å². The van der Waals surface area contributed by atoms with Gasteiger partial charge in [0.15, 0.2) is 11.5 Å². The highest BCUT2D eigenvalue weighted by molar-refractivity contribution is 7.98. The summed E-state index contributed by atoms with van der Waals surface area (Å²) in [6.45, 7) is 0.203. The van der Waals surface area contributed by atoms with E-state index in [1.165, 1.54) is 24.9 Å². The molecule has 1 rings (SSSR count). The highest BCUT2D eigenvalue weighted by atomic mass is 32.2. The second-order valence-corrected chi connectivity index (χ2v) is 4.74. The number of amides is 1. The van der Waals surface area contributed by atoms with Gasteiger partial charge in [0.25, 0.3) is 5.91 Å². The van der Waals surface area contributed by atoms with Crippen molar-refractivity contribution in [3.63, 3.8) is 0 Å². The monoisotopic (exact) mass is 288 g/mol. The third kappa shape index (κ3) is 4.92. The standard InChI is InChI=1S/C11H16N2O5S/c1-17-6-7-5-9(13-18-7)10(14)12-8(11(15)16)3-4-19-2/h5,8H,3-4,6H2,1-2H3,(H,12,14)(H,15,16)/t8-/m0/s1. The minimum Gasteiger partial charge on any atom is -0.480 e. The van der Waals surface area contributed by atoms with Crippen LogP contribution in [0.3, 0.4) is 0 Å². The normalized spacial score (nSPS) is 12.1. The molecule has 2 N–H and O–H groups in total. The van der Waals surface area contributed by atoms with Crippen molar-refractivity contribution in [3.05, 3.63) is 17.5 Å². The van der Waals surface area contributed by atoms with Crippen molar-refractivity contribution < 1.29 is 24.0 Å². The third-order valence-electron chi connectivity index (χ3n) is 2.29. The molecule has 0 radical (unpaired) electrons. The predicted octanol–water partition coefficient (Wildman–Crippen LogP) is 0.757. The Labute approximate surface area is 114 Å². The van der Waals surface area contributed by atoms with Gasteiger partial charge >= 0.3 is 5.97 Å². The molecule has 0 aromatic carbocycles. The van der Waals surface area contributed by atoms with Gasteiger partial charge in [-0.25, -0.2) is 4.79 Å². The fourth-order valence-corrected chi connectivity index (χ4v) is 1.83. The number of carbonyl (C=O) groups excluding carboxylic acids is 1. The predicted molar refractivity (Wildman–Crippen MR) is 69.1 cm³/mol. The van der Waals surface area contributed by atoms with Gasteiger partial charge in [-0.2, -0.15) is 11.8 Å². The molecule has 0 aliphatic carbocycles. The maximum absolute atomic E-state index is 11.8. The van der Waals surface area contributed by atoms with Crippen LogP contribution in [0.5, 0.6) is 0 Å². The fraction of sp³-hybridized carbons (Fsp3) is 0.545. The minimum atomic E-state index is -1.07. The van der Waals surface area contributed by atoms with E-state index >= 15 is 0 Å². The molecular formula is C11H16N2O5S. The molecule has 0 saturated heterocycles. The summed E-state index contributed by atoms with van der Waals surface area (Å²) >= 11 is 1.52. The van der Waals surface area contributed by atoms with Crippen LogP contribution in [0.2, 0.25) is 0 Å². The Balaban J connectivity index is 2.62. The quantitative estimate of drug-likeness (QED) is 0.728. The number of nitrogens with zero attached hydrogens (tertiary/aromatic N) is 1. The second kappa shape index (κ2) is 7.80. The smallest absolute Gasteiger partial charge is 0.326 e. The average molecular weight is 288 g/mol. The highest BCUT2D eigenvalue weighted by Gasteiger charge is 2.22. The van der Waals surface area contributed by atoms with Gasteiger partial charge in [-0.15, -0.1) is 0 Å². The largest absolute Gasteiger partial charge is 0.480 e. The average Bonchev–Trinajstić information content (AvgIpc) is 2.83. The maximum atomic E-state index is 11.8. The Bertz CT molecular complexity index is 434. The lowest BCUT2D eigenvalue weighted by molar-refractivity contribution is -0.139. The number of thioether (sulfide) groups is 1. The molecule has 0 bridgehead atoms. The first kappa shape index (κ1) is 15.5. The number of rotatable bonds is 8. The zero-order valence-electron chi connectivity index (χ0n) is 10.7. The third-order valence-corrected chi connectivity index (χ3v) is 2.94. The van der Waals surface area contributed by atoms with Gasteiger partial charge < -0.3 is 19.7 Å². The summed E-state index contributed by atoms with van der Waals surface area (Å²) < 4.78 is 9.69. The summed E-state index contributed by atoms with van der Waals surface area (Å²) in [6.07, 6.45) is 2.22. The van der Waals surface area contributed by atoms with Crippen LogP contribution >= 0.6 is 11.8 Å². The summed E-state index contributed by atoms with van der Waals surface area (Å²) in [5, 5.41) is 15.0. The Morgan fingerprint density at radius 2 is 2.37 bits per heavy atom. The first-order chi connectivity index (χ1) is 9.08. The van der Waals surface area contributed by atoms with Crippen molar-refractivity contribution in [2.24, 2.45) is 0 Å². The van der Waals surface area contributed by atoms with E-state index in [1.807, 2.05) is 6.26 Å². The molecule has 0 fully saturated rings. The molecule has 0 unspecified atom stereocenters. The summed E-state index contributed by atoms with van der Waals surface area (Å²) in [6, 6.07) is 0.495. The number of hydrogen-bond acceptors (Lipinski definition) is 6. The number of nitrogens with one attached hydrogen (secondary N) is 1. The molecule has 1 aromatic rings. The van der Waals surface area contributed by atoms with Crippen LogP contribution < -0.4 is 5.32 Å². The van der Waals surface area contributed by atoms with Crippen LogP contribution in [-0.4, -0.2) is 47.3 Å². The number of aromatic nitrogens is 1. The van der Waals surface area contributed by atoms with Gasteiger partial charge in [-0.3, -0.25) is 4.79 Å². The number of carbonyl (C=O) groups is 2. The molecule has 1 aromatic heterocycles. The minimum absolute atomic E-state index is 0.0439. The first-order valence-corrected chi connectivity index (χ1v) is 6.95. The van der Waals surface area contributed by atoms with Crippen molar-refractivity contribution in [1.82, 2.24) is 10.5 Å². The summed E-state index contributed by atoms with van der Waals surface area (Å²) in [5.74, 6) is -0.586. The molecule has 0 aliphatic heterocycles. The number of ether oxygens (including phenoxy) is 1. The van der Waals surface area contributed by atoms with Crippen molar-refractivity contribution in [2.45, 2.75) is 19.1 Å². The van der Waals surface area contributed by atoms with Crippen molar-refractivity contribution >= 4 is 23.6 Å². The van der Waals surface area contributed by atoms with Gasteiger partial charge in [-0.1, -0.05) is 5.16 Å². The first-order valence-electron chi connectivity index (χ1n) is 5.55. The molecule has 1 heterocycles. The van der Waals surface area contributed by atoms with Crippen LogP contribution in [0, 0.1) is 0 Å². The number of aliphatic carboxylic acids is 1. The van der Waals surface area contributed by atoms with Crippen LogP contribution in [0.4, 0.5) is 0 Å². The van der Waals surface area contributed by atoms with E-state index in [4.69, 9.17) is 14.4 Å². The molecule has 0 aliphatic rings. The van der Waals surface area contributed by atoms with Crippen molar-refractivity contribution in [2.75, 3.05) is 19.1 Å². The van der Waals surface area contributed by atoms with E-state index in [0.29, 0.717) is 17.9 Å². The van der Waals surface area contributed by atoms with E-state index in [0.717, 1.165) is 0 Å².